The van der Waals surface area contributed by atoms with Gasteiger partial charge in [-0.1, -0.05) is 57.9 Å². The fourth-order valence-electron chi connectivity index (χ4n) is 3.00. The molecule has 0 radical (unpaired) electrons. The Kier molecular flexibility index (Phi) is 3.83. The number of nitrogens with two attached hydrogens (primary N) is 1. The predicted octanol–water partition coefficient (Wildman–Crippen LogP) is 6.30. The molecular weight excluding hydrogens is 384 g/mol. The molecule has 4 heteroatoms. The summed E-state index contributed by atoms with van der Waals surface area (Å²) in [7, 11) is 0. The summed E-state index contributed by atoms with van der Waals surface area (Å²) < 4.78 is 3.22. The van der Waals surface area contributed by atoms with Crippen molar-refractivity contribution in [3.63, 3.8) is 0 Å². The summed E-state index contributed by atoms with van der Waals surface area (Å²) in [5.74, 6) is 0. The number of aromatic nitrogens is 1. The predicted molar refractivity (Wildman–Crippen MR) is 106 cm³/mol. The molecule has 4 aromatic rings. The van der Waals surface area contributed by atoms with Crippen molar-refractivity contribution in [2.45, 2.75) is 0 Å². The van der Waals surface area contributed by atoms with Crippen molar-refractivity contribution in [2.75, 3.05) is 5.73 Å². The lowest BCUT2D eigenvalue weighted by molar-refractivity contribution is 1.14. The molecule has 0 aliphatic heterocycles. The standard InChI is InChI=1S/C20H14BrClN2/c21-16-6-2-1-5-15(16)20-12-13-11-14(22)9-10-18(13)24(20)19-8-4-3-7-17(19)23/h1-12H,23H2. The van der Waals surface area contributed by atoms with Gasteiger partial charge in [0.2, 0.25) is 0 Å². The maximum absolute atomic E-state index is 6.26. The number of rotatable bonds is 2. The van der Waals surface area contributed by atoms with Gasteiger partial charge in [-0.2, -0.15) is 0 Å². The van der Waals surface area contributed by atoms with Crippen LogP contribution in [0.5, 0.6) is 0 Å². The Balaban J connectivity index is 2.12. The third-order valence-electron chi connectivity index (χ3n) is 4.09. The third-order valence-corrected chi connectivity index (χ3v) is 5.02. The number of hydrogen-bond donors (Lipinski definition) is 1. The van der Waals surface area contributed by atoms with E-state index in [0.29, 0.717) is 0 Å². The van der Waals surface area contributed by atoms with Crippen LogP contribution in [0.4, 0.5) is 5.69 Å². The van der Waals surface area contributed by atoms with E-state index in [1.54, 1.807) is 0 Å². The van der Waals surface area contributed by atoms with Crippen molar-refractivity contribution in [3.05, 3.63) is 82.3 Å². The van der Waals surface area contributed by atoms with Crippen molar-refractivity contribution in [1.29, 1.82) is 0 Å². The molecule has 0 fully saturated rings. The van der Waals surface area contributed by atoms with E-state index in [1.165, 1.54) is 0 Å². The lowest BCUT2D eigenvalue weighted by atomic mass is 10.1. The van der Waals surface area contributed by atoms with E-state index in [0.717, 1.165) is 43.0 Å². The second-order valence-corrected chi connectivity index (χ2v) is 6.90. The maximum Gasteiger partial charge on any atom is 0.0691 e. The van der Waals surface area contributed by atoms with E-state index in [1.807, 2.05) is 60.7 Å². The molecule has 0 bridgehead atoms. The molecule has 0 saturated carbocycles. The number of nitrogen functional groups attached to an aromatic ring is 1. The number of fused-ring (bicyclic) bond motifs is 1. The Morgan fingerprint density at radius 3 is 2.42 bits per heavy atom. The summed E-state index contributed by atoms with van der Waals surface area (Å²) in [4.78, 5) is 0. The first-order valence-electron chi connectivity index (χ1n) is 7.56. The Morgan fingerprint density at radius 1 is 0.875 bits per heavy atom. The van der Waals surface area contributed by atoms with Gasteiger partial charge in [0.15, 0.2) is 0 Å². The average molecular weight is 398 g/mol. The molecule has 24 heavy (non-hydrogen) atoms. The topological polar surface area (TPSA) is 30.9 Å². The molecular formula is C20H14BrClN2. The van der Waals surface area contributed by atoms with Gasteiger partial charge in [0.25, 0.3) is 0 Å². The van der Waals surface area contributed by atoms with E-state index in [4.69, 9.17) is 17.3 Å². The van der Waals surface area contributed by atoms with Crippen LogP contribution >= 0.6 is 27.5 Å². The summed E-state index contributed by atoms with van der Waals surface area (Å²) in [6, 6.07) is 24.1. The van der Waals surface area contributed by atoms with Gasteiger partial charge in [0.1, 0.15) is 0 Å². The van der Waals surface area contributed by atoms with Gasteiger partial charge in [0, 0.05) is 20.4 Å². The minimum Gasteiger partial charge on any atom is -0.397 e. The number of hydrogen-bond acceptors (Lipinski definition) is 1. The second kappa shape index (κ2) is 6.00. The average Bonchev–Trinajstić information content (AvgIpc) is 2.93. The van der Waals surface area contributed by atoms with Crippen molar-refractivity contribution >= 4 is 44.1 Å². The molecule has 0 spiro atoms. The second-order valence-electron chi connectivity index (χ2n) is 5.61. The minimum absolute atomic E-state index is 0.722. The Morgan fingerprint density at radius 2 is 1.62 bits per heavy atom. The first kappa shape index (κ1) is 15.3. The van der Waals surface area contributed by atoms with Crippen LogP contribution < -0.4 is 5.73 Å². The van der Waals surface area contributed by atoms with Crippen LogP contribution in [0.2, 0.25) is 5.02 Å². The van der Waals surface area contributed by atoms with Gasteiger partial charge in [-0.25, -0.2) is 0 Å². The Labute approximate surface area is 153 Å². The molecule has 118 valence electrons. The third kappa shape index (κ3) is 2.50. The van der Waals surface area contributed by atoms with Gasteiger partial charge in [-0.3, -0.25) is 0 Å². The molecule has 0 saturated heterocycles. The highest BCUT2D eigenvalue weighted by Crippen LogP contribution is 2.37. The molecule has 0 aliphatic carbocycles. The summed E-state index contributed by atoms with van der Waals surface area (Å²) >= 11 is 9.85. The molecule has 3 aromatic carbocycles. The van der Waals surface area contributed by atoms with Crippen LogP contribution in [0.25, 0.3) is 27.8 Å². The van der Waals surface area contributed by atoms with E-state index in [-0.39, 0.29) is 0 Å². The number of para-hydroxylation sites is 2. The molecule has 1 heterocycles. The van der Waals surface area contributed by atoms with Crippen LogP contribution in [0.3, 0.4) is 0 Å². The highest BCUT2D eigenvalue weighted by Gasteiger charge is 2.15. The minimum atomic E-state index is 0.722. The van der Waals surface area contributed by atoms with E-state index in [9.17, 15) is 0 Å². The van der Waals surface area contributed by atoms with Crippen LogP contribution in [-0.4, -0.2) is 4.57 Å². The summed E-state index contributed by atoms with van der Waals surface area (Å²) in [6.45, 7) is 0. The van der Waals surface area contributed by atoms with Crippen LogP contribution in [0.15, 0.2) is 77.3 Å². The zero-order valence-electron chi connectivity index (χ0n) is 12.7. The molecule has 0 aliphatic rings. The van der Waals surface area contributed by atoms with E-state index >= 15 is 0 Å². The first-order valence-corrected chi connectivity index (χ1v) is 8.73. The molecule has 0 atom stereocenters. The monoisotopic (exact) mass is 396 g/mol. The normalized spacial score (nSPS) is 11.1. The quantitative estimate of drug-likeness (QED) is 0.396. The number of halogens is 2. The summed E-state index contributed by atoms with van der Waals surface area (Å²) in [5.41, 5.74) is 11.2. The number of nitrogens with zero attached hydrogens (tertiary/aromatic N) is 1. The van der Waals surface area contributed by atoms with Crippen molar-refractivity contribution in [3.8, 4) is 16.9 Å². The van der Waals surface area contributed by atoms with Crippen LogP contribution in [0, 0.1) is 0 Å². The van der Waals surface area contributed by atoms with Crippen LogP contribution in [0.1, 0.15) is 0 Å². The molecule has 0 unspecified atom stereocenters. The fourth-order valence-corrected chi connectivity index (χ4v) is 3.67. The molecule has 0 amide bonds. The van der Waals surface area contributed by atoms with Gasteiger partial charge in [-0.05, 0) is 42.5 Å². The van der Waals surface area contributed by atoms with Gasteiger partial charge < -0.3 is 10.3 Å². The van der Waals surface area contributed by atoms with E-state index < -0.39 is 0 Å². The number of benzene rings is 3. The van der Waals surface area contributed by atoms with Crippen LogP contribution in [-0.2, 0) is 0 Å². The highest BCUT2D eigenvalue weighted by molar-refractivity contribution is 9.10. The SMILES string of the molecule is Nc1ccccc1-n1c(-c2ccccc2Br)cc2cc(Cl)ccc21. The van der Waals surface area contributed by atoms with E-state index in [2.05, 4.69) is 32.6 Å². The molecule has 2 nitrogen and oxygen atoms in total. The van der Waals surface area contributed by atoms with Gasteiger partial charge in [0.05, 0.1) is 22.6 Å². The fraction of sp³-hybridized carbons (Fsp3) is 0. The first-order chi connectivity index (χ1) is 11.6. The maximum atomic E-state index is 6.26. The Bertz CT molecular complexity index is 1050. The number of anilines is 1. The largest absolute Gasteiger partial charge is 0.397 e. The zero-order chi connectivity index (χ0) is 16.7. The zero-order valence-corrected chi connectivity index (χ0v) is 15.1. The summed E-state index contributed by atoms with van der Waals surface area (Å²) in [5, 5.41) is 1.80. The highest BCUT2D eigenvalue weighted by atomic mass is 79.9. The van der Waals surface area contributed by atoms with Crippen molar-refractivity contribution in [1.82, 2.24) is 4.57 Å². The Hall–Kier alpha value is -2.23. The van der Waals surface area contributed by atoms with Gasteiger partial charge in [-0.15, -0.1) is 0 Å². The summed E-state index contributed by atoms with van der Waals surface area (Å²) in [6.07, 6.45) is 0. The smallest absolute Gasteiger partial charge is 0.0691 e. The van der Waals surface area contributed by atoms with Crippen molar-refractivity contribution in [2.24, 2.45) is 0 Å². The molecule has 2 N–H and O–H groups in total. The van der Waals surface area contributed by atoms with Crippen molar-refractivity contribution < 1.29 is 0 Å². The lowest BCUT2D eigenvalue weighted by Gasteiger charge is -2.14. The molecule has 4 rings (SSSR count). The molecule has 1 aromatic heterocycles. The van der Waals surface area contributed by atoms with Gasteiger partial charge >= 0.3 is 0 Å². The lowest BCUT2D eigenvalue weighted by Crippen LogP contribution is -2.01.